The lowest BCUT2D eigenvalue weighted by atomic mass is 9.91. The molecule has 1 aromatic carbocycles. The lowest BCUT2D eigenvalue weighted by Crippen LogP contribution is -2.10. The number of nitrogens with zero attached hydrogens (tertiary/aromatic N) is 2. The molecule has 0 amide bonds. The minimum atomic E-state index is -0.493. The molecule has 2 N–H and O–H groups in total. The molecule has 0 atom stereocenters. The van der Waals surface area contributed by atoms with E-state index in [1.54, 1.807) is 6.07 Å². The predicted octanol–water partition coefficient (Wildman–Crippen LogP) is 4.60. The fraction of sp³-hybridized carbons (Fsp3) is 0.357. The number of halogens is 3. The Labute approximate surface area is 131 Å². The topological polar surface area (TPSA) is 43.8 Å². The molecular formula is C14H16BrClFN3. The third-order valence-electron chi connectivity index (χ3n) is 2.77. The molecule has 0 aliphatic carbocycles. The summed E-state index contributed by atoms with van der Waals surface area (Å²) in [6.45, 7) is 6.36. The maximum atomic E-state index is 13.5. The molecule has 0 bridgehead atoms. The summed E-state index contributed by atoms with van der Waals surface area (Å²) in [6, 6.07) is 4.49. The van der Waals surface area contributed by atoms with E-state index in [0.717, 1.165) is 16.6 Å². The number of nitrogens with two attached hydrogens (primary N) is 1. The van der Waals surface area contributed by atoms with Gasteiger partial charge in [0, 0.05) is 6.07 Å². The third kappa shape index (κ3) is 3.15. The van der Waals surface area contributed by atoms with Gasteiger partial charge in [0.15, 0.2) is 0 Å². The molecule has 0 saturated carbocycles. The highest BCUT2D eigenvalue weighted by Gasteiger charge is 2.20. The van der Waals surface area contributed by atoms with Gasteiger partial charge in [-0.25, -0.2) is 9.07 Å². The lowest BCUT2D eigenvalue weighted by molar-refractivity contribution is 0.404. The first-order chi connectivity index (χ1) is 9.19. The predicted molar refractivity (Wildman–Crippen MR) is 83.8 cm³/mol. The third-order valence-corrected chi connectivity index (χ3v) is 3.94. The molecule has 0 aliphatic rings. The van der Waals surface area contributed by atoms with Gasteiger partial charge in [0.05, 0.1) is 20.9 Å². The highest BCUT2D eigenvalue weighted by atomic mass is 79.9. The summed E-state index contributed by atoms with van der Waals surface area (Å²) in [7, 11) is 0. The Morgan fingerprint density at radius 2 is 2.05 bits per heavy atom. The van der Waals surface area contributed by atoms with Gasteiger partial charge in [0.2, 0.25) is 0 Å². The smallest absolute Gasteiger partial charge is 0.143 e. The number of nitrogen functional groups attached to an aromatic ring is 1. The maximum absolute atomic E-state index is 13.5. The summed E-state index contributed by atoms with van der Waals surface area (Å²) in [5.41, 5.74) is 7.52. The van der Waals surface area contributed by atoms with Gasteiger partial charge in [-0.05, 0) is 39.9 Å². The van der Waals surface area contributed by atoms with Crippen molar-refractivity contribution in [3.8, 4) is 5.69 Å². The molecule has 20 heavy (non-hydrogen) atoms. The summed E-state index contributed by atoms with van der Waals surface area (Å²) in [6.07, 6.45) is 0.765. The van der Waals surface area contributed by atoms with Crippen molar-refractivity contribution >= 4 is 33.3 Å². The summed E-state index contributed by atoms with van der Waals surface area (Å²) in [5.74, 6) is -0.0430. The highest BCUT2D eigenvalue weighted by molar-refractivity contribution is 9.10. The van der Waals surface area contributed by atoms with Crippen molar-refractivity contribution in [2.24, 2.45) is 5.41 Å². The molecule has 108 valence electrons. The van der Waals surface area contributed by atoms with Crippen molar-refractivity contribution in [3.63, 3.8) is 0 Å². The molecule has 2 rings (SSSR count). The molecule has 1 aromatic heterocycles. The first-order valence-electron chi connectivity index (χ1n) is 6.17. The summed E-state index contributed by atoms with van der Waals surface area (Å²) in [4.78, 5) is 0. The number of rotatable bonds is 2. The van der Waals surface area contributed by atoms with Crippen molar-refractivity contribution in [1.82, 2.24) is 9.78 Å². The van der Waals surface area contributed by atoms with Gasteiger partial charge in [-0.15, -0.1) is 0 Å². The van der Waals surface area contributed by atoms with Crippen molar-refractivity contribution in [3.05, 3.63) is 39.2 Å². The number of aromatic nitrogens is 2. The van der Waals surface area contributed by atoms with E-state index in [4.69, 9.17) is 17.3 Å². The second kappa shape index (κ2) is 5.37. The molecule has 3 nitrogen and oxygen atoms in total. The molecule has 2 aromatic rings. The first-order valence-corrected chi connectivity index (χ1v) is 7.34. The Balaban J connectivity index is 2.47. The summed E-state index contributed by atoms with van der Waals surface area (Å²) in [5, 5.41) is 4.55. The molecule has 0 fully saturated rings. The average molecular weight is 361 g/mol. The van der Waals surface area contributed by atoms with E-state index in [1.807, 2.05) is 0 Å². The Kier molecular flexibility index (Phi) is 4.12. The zero-order valence-electron chi connectivity index (χ0n) is 11.5. The first kappa shape index (κ1) is 15.3. The Morgan fingerprint density at radius 3 is 2.60 bits per heavy atom. The largest absolute Gasteiger partial charge is 0.383 e. The van der Waals surface area contributed by atoms with Crippen LogP contribution < -0.4 is 5.73 Å². The van der Waals surface area contributed by atoms with E-state index in [-0.39, 0.29) is 10.4 Å². The molecule has 6 heteroatoms. The highest BCUT2D eigenvalue weighted by Crippen LogP contribution is 2.31. The van der Waals surface area contributed by atoms with Crippen LogP contribution in [0.2, 0.25) is 5.02 Å². The van der Waals surface area contributed by atoms with Gasteiger partial charge in [0.25, 0.3) is 0 Å². The molecule has 1 heterocycles. The molecule has 0 aliphatic heterocycles. The second-order valence-electron chi connectivity index (χ2n) is 5.89. The van der Waals surface area contributed by atoms with Gasteiger partial charge in [0.1, 0.15) is 11.6 Å². The van der Waals surface area contributed by atoms with Crippen LogP contribution in [0.25, 0.3) is 5.69 Å². The minimum absolute atomic E-state index is 0.0773. The fourth-order valence-electron chi connectivity index (χ4n) is 1.89. The van der Waals surface area contributed by atoms with E-state index in [0.29, 0.717) is 11.5 Å². The van der Waals surface area contributed by atoms with E-state index < -0.39 is 5.82 Å². The number of anilines is 1. The maximum Gasteiger partial charge on any atom is 0.143 e. The van der Waals surface area contributed by atoms with Crippen LogP contribution in [0.1, 0.15) is 26.5 Å². The average Bonchev–Trinajstić information content (AvgIpc) is 2.59. The van der Waals surface area contributed by atoms with Crippen LogP contribution in [0.3, 0.4) is 0 Å². The number of hydrogen-bond donors (Lipinski definition) is 1. The molecular weight excluding hydrogens is 345 g/mol. The Bertz CT molecular complexity index is 647. The van der Waals surface area contributed by atoms with Crippen LogP contribution in [0.5, 0.6) is 0 Å². The molecule has 0 unspecified atom stereocenters. The van der Waals surface area contributed by atoms with Crippen molar-refractivity contribution in [1.29, 1.82) is 0 Å². The summed E-state index contributed by atoms with van der Waals surface area (Å²) >= 11 is 9.14. The summed E-state index contributed by atoms with van der Waals surface area (Å²) < 4.78 is 15.8. The zero-order valence-corrected chi connectivity index (χ0v) is 13.9. The van der Waals surface area contributed by atoms with Gasteiger partial charge in [-0.3, -0.25) is 0 Å². The van der Waals surface area contributed by atoms with E-state index >= 15 is 0 Å². The van der Waals surface area contributed by atoms with E-state index in [2.05, 4.69) is 41.8 Å². The van der Waals surface area contributed by atoms with Crippen molar-refractivity contribution < 1.29 is 4.39 Å². The molecule has 0 spiro atoms. The van der Waals surface area contributed by atoms with E-state index in [1.165, 1.54) is 16.8 Å². The van der Waals surface area contributed by atoms with Crippen molar-refractivity contribution in [2.75, 3.05) is 5.73 Å². The standard InChI is InChI=1S/C14H16BrClFN3/c1-14(2,3)7-11-12(15)13(18)20(19-11)8-4-5-9(16)10(17)6-8/h4-6H,7,18H2,1-3H3. The minimum Gasteiger partial charge on any atom is -0.383 e. The second-order valence-corrected chi connectivity index (χ2v) is 7.09. The number of benzene rings is 1. The zero-order chi connectivity index (χ0) is 15.1. The van der Waals surface area contributed by atoms with Crippen molar-refractivity contribution in [2.45, 2.75) is 27.2 Å². The van der Waals surface area contributed by atoms with Crippen LogP contribution in [0, 0.1) is 11.2 Å². The fourth-order valence-corrected chi connectivity index (χ4v) is 2.39. The van der Waals surface area contributed by atoms with Crippen LogP contribution in [-0.2, 0) is 6.42 Å². The van der Waals surface area contributed by atoms with Gasteiger partial charge >= 0.3 is 0 Å². The van der Waals surface area contributed by atoms with Gasteiger partial charge < -0.3 is 5.73 Å². The SMILES string of the molecule is CC(C)(C)Cc1nn(-c2ccc(Cl)c(F)c2)c(N)c1Br. The quantitative estimate of drug-likeness (QED) is 0.850. The molecule has 0 saturated heterocycles. The van der Waals surface area contributed by atoms with Crippen LogP contribution in [-0.4, -0.2) is 9.78 Å². The monoisotopic (exact) mass is 359 g/mol. The Morgan fingerprint density at radius 1 is 1.40 bits per heavy atom. The van der Waals surface area contributed by atoms with Crippen LogP contribution in [0.4, 0.5) is 10.2 Å². The van der Waals surface area contributed by atoms with Crippen LogP contribution in [0.15, 0.2) is 22.7 Å². The van der Waals surface area contributed by atoms with Gasteiger partial charge in [-0.1, -0.05) is 32.4 Å². The molecule has 0 radical (unpaired) electrons. The van der Waals surface area contributed by atoms with Gasteiger partial charge in [-0.2, -0.15) is 5.10 Å². The Hall–Kier alpha value is -1.07. The lowest BCUT2D eigenvalue weighted by Gasteiger charge is -2.16. The van der Waals surface area contributed by atoms with E-state index in [9.17, 15) is 4.39 Å². The number of hydrogen-bond acceptors (Lipinski definition) is 2. The normalized spacial score (nSPS) is 11.9. The van der Waals surface area contributed by atoms with Crippen LogP contribution >= 0.6 is 27.5 Å².